The molecular formula is C26H22N2O5. The topological polar surface area (TPSA) is 87.6 Å². The lowest BCUT2D eigenvalue weighted by molar-refractivity contribution is 0.0524. The lowest BCUT2D eigenvalue weighted by Crippen LogP contribution is -2.09. The highest BCUT2D eigenvalue weighted by atomic mass is 16.5. The third kappa shape index (κ3) is 4.82. The van der Waals surface area contributed by atoms with Crippen molar-refractivity contribution in [1.82, 2.24) is 10.2 Å². The molecule has 0 saturated carbocycles. The second kappa shape index (κ2) is 9.91. The normalized spacial score (nSPS) is 10.6. The van der Waals surface area contributed by atoms with Gasteiger partial charge in [0.05, 0.1) is 24.3 Å². The second-order valence-corrected chi connectivity index (χ2v) is 7.05. The van der Waals surface area contributed by atoms with Gasteiger partial charge in [0.2, 0.25) is 5.88 Å². The van der Waals surface area contributed by atoms with Crippen molar-refractivity contribution in [3.8, 4) is 22.9 Å². The van der Waals surface area contributed by atoms with Crippen LogP contribution in [0.25, 0.3) is 22.0 Å². The number of benzene rings is 3. The predicted molar refractivity (Wildman–Crippen MR) is 123 cm³/mol. The van der Waals surface area contributed by atoms with E-state index in [1.165, 1.54) is 18.2 Å². The third-order valence-electron chi connectivity index (χ3n) is 4.84. The van der Waals surface area contributed by atoms with Crippen molar-refractivity contribution in [3.05, 3.63) is 83.9 Å². The summed E-state index contributed by atoms with van der Waals surface area (Å²) in [5.41, 5.74) is 2.01. The largest absolute Gasteiger partial charge is 0.462 e. The summed E-state index contributed by atoms with van der Waals surface area (Å²) in [5, 5.41) is 10.3. The van der Waals surface area contributed by atoms with E-state index in [1.54, 1.807) is 13.8 Å². The van der Waals surface area contributed by atoms with Crippen molar-refractivity contribution in [2.75, 3.05) is 13.2 Å². The van der Waals surface area contributed by atoms with Crippen LogP contribution < -0.4 is 4.74 Å². The van der Waals surface area contributed by atoms with Crippen LogP contribution in [-0.2, 0) is 9.47 Å². The molecule has 0 spiro atoms. The Morgan fingerprint density at radius 1 is 0.727 bits per heavy atom. The first kappa shape index (κ1) is 22.0. The number of hydrogen-bond donors (Lipinski definition) is 0. The summed E-state index contributed by atoms with van der Waals surface area (Å²) < 4.78 is 16.2. The van der Waals surface area contributed by atoms with E-state index in [9.17, 15) is 9.59 Å². The number of aromatic nitrogens is 2. The van der Waals surface area contributed by atoms with Gasteiger partial charge in [0.25, 0.3) is 0 Å². The summed E-state index contributed by atoms with van der Waals surface area (Å²) in [6.45, 7) is 3.83. The fourth-order valence-corrected chi connectivity index (χ4v) is 3.40. The van der Waals surface area contributed by atoms with E-state index in [0.29, 0.717) is 0 Å². The zero-order valence-electron chi connectivity index (χ0n) is 18.3. The van der Waals surface area contributed by atoms with Crippen LogP contribution >= 0.6 is 0 Å². The summed E-state index contributed by atoms with van der Waals surface area (Å²) in [4.78, 5) is 24.7. The van der Waals surface area contributed by atoms with E-state index in [-0.39, 0.29) is 36.0 Å². The van der Waals surface area contributed by atoms with E-state index < -0.39 is 11.9 Å². The number of nitrogens with zero attached hydrogens (tertiary/aromatic N) is 2. The number of carbonyl (C=O) groups is 2. The maximum atomic E-state index is 12.3. The molecule has 0 bridgehead atoms. The van der Waals surface area contributed by atoms with Gasteiger partial charge in [-0.1, -0.05) is 48.5 Å². The molecule has 0 amide bonds. The standard InChI is InChI=1S/C26H22N2O5/c1-3-31-25(29)18-14-19(26(30)32-4-2)16-20(15-18)33-24-22-13-9-8-12-21(22)23(27-28-24)17-10-6-5-7-11-17/h5-16H,3-4H2,1-2H3. The van der Waals surface area contributed by atoms with Crippen molar-refractivity contribution in [1.29, 1.82) is 0 Å². The minimum absolute atomic E-state index is 0.176. The first-order chi connectivity index (χ1) is 16.1. The number of rotatable bonds is 7. The molecule has 0 atom stereocenters. The number of fused-ring (bicyclic) bond motifs is 1. The maximum absolute atomic E-state index is 12.3. The van der Waals surface area contributed by atoms with E-state index in [2.05, 4.69) is 10.2 Å². The van der Waals surface area contributed by atoms with E-state index >= 15 is 0 Å². The van der Waals surface area contributed by atoms with Crippen LogP contribution in [0.15, 0.2) is 72.8 Å². The fraction of sp³-hybridized carbons (Fsp3) is 0.154. The minimum atomic E-state index is -0.566. The highest BCUT2D eigenvalue weighted by Gasteiger charge is 2.18. The highest BCUT2D eigenvalue weighted by molar-refractivity contribution is 5.98. The van der Waals surface area contributed by atoms with Crippen LogP contribution in [0.5, 0.6) is 11.6 Å². The van der Waals surface area contributed by atoms with Crippen molar-refractivity contribution < 1.29 is 23.8 Å². The van der Waals surface area contributed by atoms with Gasteiger partial charge in [0, 0.05) is 16.3 Å². The molecule has 0 radical (unpaired) electrons. The zero-order chi connectivity index (χ0) is 23.2. The average molecular weight is 442 g/mol. The Hall–Kier alpha value is -4.26. The second-order valence-electron chi connectivity index (χ2n) is 7.05. The highest BCUT2D eigenvalue weighted by Crippen LogP contribution is 2.33. The smallest absolute Gasteiger partial charge is 0.338 e. The molecule has 0 saturated heterocycles. The molecule has 1 heterocycles. The molecule has 166 valence electrons. The van der Waals surface area contributed by atoms with E-state index in [1.807, 2.05) is 54.6 Å². The summed E-state index contributed by atoms with van der Waals surface area (Å²) in [7, 11) is 0. The number of esters is 2. The quantitative estimate of drug-likeness (QED) is 0.352. The van der Waals surface area contributed by atoms with Crippen LogP contribution in [-0.4, -0.2) is 35.3 Å². The van der Waals surface area contributed by atoms with Gasteiger partial charge in [0.1, 0.15) is 11.4 Å². The van der Waals surface area contributed by atoms with Crippen LogP contribution in [0.2, 0.25) is 0 Å². The molecule has 0 aliphatic rings. The molecule has 7 nitrogen and oxygen atoms in total. The lowest BCUT2D eigenvalue weighted by Gasteiger charge is -2.12. The Morgan fingerprint density at radius 3 is 1.91 bits per heavy atom. The summed E-state index contributed by atoms with van der Waals surface area (Å²) in [6.07, 6.45) is 0. The summed E-state index contributed by atoms with van der Waals surface area (Å²) in [5.74, 6) is -0.635. The molecule has 3 aromatic carbocycles. The van der Waals surface area contributed by atoms with Crippen LogP contribution in [0, 0.1) is 0 Å². The third-order valence-corrected chi connectivity index (χ3v) is 4.84. The fourth-order valence-electron chi connectivity index (χ4n) is 3.40. The van der Waals surface area contributed by atoms with Crippen LogP contribution in [0.3, 0.4) is 0 Å². The van der Waals surface area contributed by atoms with E-state index in [0.717, 1.165) is 22.0 Å². The molecule has 0 fully saturated rings. The van der Waals surface area contributed by atoms with E-state index in [4.69, 9.17) is 14.2 Å². The average Bonchev–Trinajstić information content (AvgIpc) is 2.85. The Morgan fingerprint density at radius 2 is 1.30 bits per heavy atom. The Labute approximate surface area is 190 Å². The Bertz CT molecular complexity index is 1270. The number of carbonyl (C=O) groups excluding carboxylic acids is 2. The molecule has 1 aromatic heterocycles. The Kier molecular flexibility index (Phi) is 6.59. The van der Waals surface area contributed by atoms with Crippen LogP contribution in [0.4, 0.5) is 0 Å². The molecule has 0 aliphatic heterocycles. The first-order valence-electron chi connectivity index (χ1n) is 10.6. The zero-order valence-corrected chi connectivity index (χ0v) is 18.3. The molecule has 7 heteroatoms. The molecule has 33 heavy (non-hydrogen) atoms. The van der Waals surface area contributed by atoms with Crippen molar-refractivity contribution >= 4 is 22.7 Å². The van der Waals surface area contributed by atoms with Gasteiger partial charge in [-0.2, -0.15) is 0 Å². The maximum Gasteiger partial charge on any atom is 0.338 e. The minimum Gasteiger partial charge on any atom is -0.462 e. The first-order valence-corrected chi connectivity index (χ1v) is 10.6. The molecule has 4 rings (SSSR count). The molecule has 0 unspecified atom stereocenters. The lowest BCUT2D eigenvalue weighted by atomic mass is 10.1. The van der Waals surface area contributed by atoms with Gasteiger partial charge >= 0.3 is 11.9 Å². The predicted octanol–water partition coefficient (Wildman–Crippen LogP) is 5.44. The van der Waals surface area contributed by atoms with Crippen LogP contribution in [0.1, 0.15) is 34.6 Å². The monoisotopic (exact) mass is 442 g/mol. The van der Waals surface area contributed by atoms with Crippen molar-refractivity contribution in [2.45, 2.75) is 13.8 Å². The SMILES string of the molecule is CCOC(=O)c1cc(Oc2nnc(-c3ccccc3)c3ccccc23)cc(C(=O)OCC)c1. The molecule has 0 N–H and O–H groups in total. The number of hydrogen-bond acceptors (Lipinski definition) is 7. The summed E-state index contributed by atoms with van der Waals surface area (Å²) in [6, 6.07) is 21.8. The van der Waals surface area contributed by atoms with Crippen molar-refractivity contribution in [3.63, 3.8) is 0 Å². The number of ether oxygens (including phenoxy) is 3. The van der Waals surface area contributed by atoms with Gasteiger partial charge in [-0.05, 0) is 38.1 Å². The van der Waals surface area contributed by atoms with Crippen molar-refractivity contribution in [2.24, 2.45) is 0 Å². The van der Waals surface area contributed by atoms with Gasteiger partial charge in [-0.25, -0.2) is 9.59 Å². The summed E-state index contributed by atoms with van der Waals surface area (Å²) >= 11 is 0. The molecule has 4 aromatic rings. The van der Waals surface area contributed by atoms with Gasteiger partial charge in [-0.15, -0.1) is 10.2 Å². The van der Waals surface area contributed by atoms with Gasteiger partial charge in [0.15, 0.2) is 0 Å². The van der Waals surface area contributed by atoms with Gasteiger partial charge in [-0.3, -0.25) is 0 Å². The van der Waals surface area contributed by atoms with Gasteiger partial charge < -0.3 is 14.2 Å². The Balaban J connectivity index is 1.78. The molecule has 0 aliphatic carbocycles. The molecular weight excluding hydrogens is 420 g/mol.